The molecule has 1 aromatic rings. The molecule has 0 amide bonds. The van der Waals surface area contributed by atoms with E-state index in [-0.39, 0.29) is 0 Å². The van der Waals surface area contributed by atoms with Crippen molar-refractivity contribution >= 4 is 39.6 Å². The largest absolute Gasteiger partial charge is 0.298 e. The summed E-state index contributed by atoms with van der Waals surface area (Å²) in [7, 11) is 0. The van der Waals surface area contributed by atoms with Gasteiger partial charge >= 0.3 is 0 Å². The van der Waals surface area contributed by atoms with Gasteiger partial charge in [0.15, 0.2) is 0 Å². The van der Waals surface area contributed by atoms with Crippen molar-refractivity contribution in [3.05, 3.63) is 26.4 Å². The van der Waals surface area contributed by atoms with E-state index in [1.807, 2.05) is 32.1 Å². The topological polar surface area (TPSA) is 17.1 Å². The summed E-state index contributed by atoms with van der Waals surface area (Å²) in [4.78, 5) is 11.8. The van der Waals surface area contributed by atoms with Crippen molar-refractivity contribution in [2.24, 2.45) is 5.92 Å². The second-order valence-electron chi connectivity index (χ2n) is 3.06. The number of aldehydes is 1. The number of hydrogen-bond donors (Lipinski definition) is 0. The van der Waals surface area contributed by atoms with Crippen LogP contribution < -0.4 is 0 Å². The maximum atomic E-state index is 10.7. The van der Waals surface area contributed by atoms with Crippen LogP contribution in [0.25, 0.3) is 6.08 Å². The first-order chi connectivity index (χ1) is 6.13. The molecule has 3 heteroatoms. The van der Waals surface area contributed by atoms with Crippen molar-refractivity contribution in [1.82, 2.24) is 0 Å². The van der Waals surface area contributed by atoms with E-state index in [4.69, 9.17) is 0 Å². The Bertz CT molecular complexity index is 325. The highest BCUT2D eigenvalue weighted by atomic mass is 79.9. The van der Waals surface area contributed by atoms with Gasteiger partial charge in [-0.3, -0.25) is 4.79 Å². The quantitative estimate of drug-likeness (QED) is 0.596. The Morgan fingerprint density at radius 1 is 1.54 bits per heavy atom. The number of allylic oxidation sites excluding steroid dienone is 1. The Morgan fingerprint density at radius 3 is 2.62 bits per heavy atom. The van der Waals surface area contributed by atoms with E-state index in [1.54, 1.807) is 11.3 Å². The van der Waals surface area contributed by atoms with Crippen LogP contribution in [0.3, 0.4) is 0 Å². The van der Waals surface area contributed by atoms with Crippen LogP contribution in [-0.4, -0.2) is 6.29 Å². The molecule has 0 saturated carbocycles. The number of hydrogen-bond acceptors (Lipinski definition) is 2. The first kappa shape index (κ1) is 10.7. The summed E-state index contributed by atoms with van der Waals surface area (Å²) in [5.41, 5.74) is 0.842. The predicted octanol–water partition coefficient (Wildman–Crippen LogP) is 3.75. The Balaban J connectivity index is 2.91. The molecule has 0 aliphatic rings. The van der Waals surface area contributed by atoms with Gasteiger partial charge in [0.1, 0.15) is 6.29 Å². The minimum absolute atomic E-state index is 0.290. The Labute approximate surface area is 90.6 Å². The summed E-state index contributed by atoms with van der Waals surface area (Å²) in [5.74, 6) is 0.290. The molecule has 1 aromatic heterocycles. The van der Waals surface area contributed by atoms with Crippen molar-refractivity contribution in [3.8, 4) is 0 Å². The maximum absolute atomic E-state index is 10.7. The summed E-state index contributed by atoms with van der Waals surface area (Å²) < 4.78 is 1.09. The molecule has 0 bridgehead atoms. The van der Waals surface area contributed by atoms with Gasteiger partial charge in [-0.2, -0.15) is 0 Å². The first-order valence-electron chi connectivity index (χ1n) is 4.05. The molecule has 0 N–H and O–H groups in total. The van der Waals surface area contributed by atoms with Crippen LogP contribution in [0.2, 0.25) is 0 Å². The monoisotopic (exact) mass is 258 g/mol. The fourth-order valence-corrected chi connectivity index (χ4v) is 2.29. The molecule has 0 radical (unpaired) electrons. The van der Waals surface area contributed by atoms with Crippen LogP contribution in [0.1, 0.15) is 18.7 Å². The Kier molecular flexibility index (Phi) is 3.88. The molecule has 0 spiro atoms. The molecule has 1 heterocycles. The highest BCUT2D eigenvalue weighted by Crippen LogP contribution is 2.24. The second-order valence-corrected chi connectivity index (χ2v) is 5.55. The molecular formula is C10H11BrOS. The van der Waals surface area contributed by atoms with Gasteiger partial charge in [-0.05, 0) is 45.6 Å². The zero-order valence-electron chi connectivity index (χ0n) is 7.58. The molecule has 1 rings (SSSR count). The summed E-state index contributed by atoms with van der Waals surface area (Å²) >= 11 is 5.01. The minimum Gasteiger partial charge on any atom is -0.298 e. The average molecular weight is 259 g/mol. The molecule has 0 atom stereocenters. The average Bonchev–Trinajstić information content (AvgIpc) is 2.46. The zero-order chi connectivity index (χ0) is 9.84. The Morgan fingerprint density at radius 2 is 2.23 bits per heavy atom. The van der Waals surface area contributed by atoms with Crippen molar-refractivity contribution in [2.45, 2.75) is 13.8 Å². The smallest absolute Gasteiger partial charge is 0.146 e. The van der Waals surface area contributed by atoms with Crippen LogP contribution in [-0.2, 0) is 4.79 Å². The third-order valence-corrected chi connectivity index (χ3v) is 3.28. The van der Waals surface area contributed by atoms with Crippen molar-refractivity contribution < 1.29 is 4.79 Å². The van der Waals surface area contributed by atoms with Crippen molar-refractivity contribution in [2.75, 3.05) is 0 Å². The van der Waals surface area contributed by atoms with Gasteiger partial charge in [-0.25, -0.2) is 0 Å². The van der Waals surface area contributed by atoms with Gasteiger partial charge in [0.2, 0.25) is 0 Å². The lowest BCUT2D eigenvalue weighted by molar-refractivity contribution is -0.105. The van der Waals surface area contributed by atoms with Gasteiger partial charge in [0.25, 0.3) is 0 Å². The Hall–Kier alpha value is -0.410. The standard InChI is InChI=1S/C10H11BrOS/c1-7(2)8(6-12)5-9-3-4-10(11)13-9/h3-7H,1-2H3. The lowest BCUT2D eigenvalue weighted by Crippen LogP contribution is -1.93. The minimum atomic E-state index is 0.290. The van der Waals surface area contributed by atoms with Gasteiger partial charge in [-0.15, -0.1) is 11.3 Å². The number of carbonyl (C=O) groups is 1. The van der Waals surface area contributed by atoms with E-state index in [2.05, 4.69) is 15.9 Å². The second kappa shape index (κ2) is 4.72. The summed E-state index contributed by atoms with van der Waals surface area (Å²) in [5, 5.41) is 0. The number of thiophene rings is 1. The molecule has 0 aliphatic carbocycles. The van der Waals surface area contributed by atoms with Gasteiger partial charge in [-0.1, -0.05) is 13.8 Å². The van der Waals surface area contributed by atoms with E-state index in [1.165, 1.54) is 0 Å². The highest BCUT2D eigenvalue weighted by Gasteiger charge is 2.02. The normalized spacial score (nSPS) is 12.2. The van der Waals surface area contributed by atoms with Crippen molar-refractivity contribution in [3.63, 3.8) is 0 Å². The van der Waals surface area contributed by atoms with E-state index in [9.17, 15) is 4.79 Å². The fourth-order valence-electron chi connectivity index (χ4n) is 0.907. The van der Waals surface area contributed by atoms with Gasteiger partial charge < -0.3 is 0 Å². The molecule has 0 fully saturated rings. The number of carbonyl (C=O) groups excluding carboxylic acids is 1. The van der Waals surface area contributed by atoms with Crippen molar-refractivity contribution in [1.29, 1.82) is 0 Å². The summed E-state index contributed by atoms with van der Waals surface area (Å²) in [6, 6.07) is 3.99. The summed E-state index contributed by atoms with van der Waals surface area (Å²) in [6.07, 6.45) is 2.87. The van der Waals surface area contributed by atoms with E-state index in [0.29, 0.717) is 5.92 Å². The third-order valence-electron chi connectivity index (χ3n) is 1.71. The van der Waals surface area contributed by atoms with Gasteiger partial charge in [0.05, 0.1) is 3.79 Å². The molecule has 70 valence electrons. The lowest BCUT2D eigenvalue weighted by atomic mass is 10.0. The van der Waals surface area contributed by atoms with Crippen LogP contribution in [0, 0.1) is 5.92 Å². The van der Waals surface area contributed by atoms with Gasteiger partial charge in [0, 0.05) is 4.88 Å². The fraction of sp³-hybridized carbons (Fsp3) is 0.300. The van der Waals surface area contributed by atoms with E-state index >= 15 is 0 Å². The molecule has 13 heavy (non-hydrogen) atoms. The summed E-state index contributed by atoms with van der Waals surface area (Å²) in [6.45, 7) is 4.03. The third kappa shape index (κ3) is 3.08. The molecule has 0 unspecified atom stereocenters. The predicted molar refractivity (Wildman–Crippen MR) is 60.9 cm³/mol. The van der Waals surface area contributed by atoms with Crippen LogP contribution in [0.5, 0.6) is 0 Å². The molecule has 0 saturated heterocycles. The molecule has 0 aromatic carbocycles. The highest BCUT2D eigenvalue weighted by molar-refractivity contribution is 9.11. The van der Waals surface area contributed by atoms with E-state index in [0.717, 1.165) is 20.5 Å². The molecular weight excluding hydrogens is 248 g/mol. The zero-order valence-corrected chi connectivity index (χ0v) is 9.98. The maximum Gasteiger partial charge on any atom is 0.146 e. The van der Waals surface area contributed by atoms with Crippen LogP contribution >= 0.6 is 27.3 Å². The van der Waals surface area contributed by atoms with Crippen LogP contribution in [0.4, 0.5) is 0 Å². The first-order valence-corrected chi connectivity index (χ1v) is 5.66. The van der Waals surface area contributed by atoms with E-state index < -0.39 is 0 Å². The number of rotatable bonds is 3. The lowest BCUT2D eigenvalue weighted by Gasteiger charge is -2.01. The molecule has 0 aliphatic heterocycles. The molecule has 1 nitrogen and oxygen atoms in total. The SMILES string of the molecule is CC(C)C(C=O)=Cc1ccc(Br)s1. The number of halogens is 1. The van der Waals surface area contributed by atoms with Crippen LogP contribution in [0.15, 0.2) is 21.5 Å².